The van der Waals surface area contributed by atoms with Gasteiger partial charge >= 0.3 is 0 Å². The highest BCUT2D eigenvalue weighted by Gasteiger charge is 2.26. The second-order valence-electron chi connectivity index (χ2n) is 9.28. The fourth-order valence-corrected chi connectivity index (χ4v) is 5.82. The summed E-state index contributed by atoms with van der Waals surface area (Å²) in [7, 11) is 10.1. The average molecular weight is 519 g/mol. The van der Waals surface area contributed by atoms with Crippen molar-refractivity contribution in [3.63, 3.8) is 0 Å². The van der Waals surface area contributed by atoms with Gasteiger partial charge in [0.25, 0.3) is 0 Å². The van der Waals surface area contributed by atoms with Gasteiger partial charge in [-0.25, -0.2) is 0 Å². The van der Waals surface area contributed by atoms with Crippen LogP contribution in [0.2, 0.25) is 0 Å². The van der Waals surface area contributed by atoms with Crippen molar-refractivity contribution in [1.29, 1.82) is 0 Å². The Morgan fingerprint density at radius 3 is 1.05 bits per heavy atom. The fourth-order valence-electron chi connectivity index (χ4n) is 5.82. The zero-order valence-corrected chi connectivity index (χ0v) is 24.2. The van der Waals surface area contributed by atoms with E-state index in [4.69, 9.17) is 28.4 Å². The zero-order chi connectivity index (χ0) is 27.7. The molecule has 0 N–H and O–H groups in total. The number of rotatable bonds is 9. The Morgan fingerprint density at radius 1 is 0.447 bits per heavy atom. The monoisotopic (exact) mass is 518 g/mol. The maximum atomic E-state index is 6.16. The first kappa shape index (κ1) is 27.2. The van der Waals surface area contributed by atoms with Crippen LogP contribution in [0.4, 0.5) is 0 Å². The topological polar surface area (TPSA) is 55.4 Å². The molecule has 202 valence electrons. The molecule has 0 saturated carbocycles. The summed E-state index contributed by atoms with van der Waals surface area (Å²) in [6.45, 7) is 8.47. The second kappa shape index (κ2) is 10.9. The van der Waals surface area contributed by atoms with Gasteiger partial charge in [0.2, 0.25) is 0 Å². The minimum Gasteiger partial charge on any atom is -0.495 e. The summed E-state index contributed by atoms with van der Waals surface area (Å²) in [6.07, 6.45) is 1.58. The van der Waals surface area contributed by atoms with Crippen molar-refractivity contribution in [3.8, 4) is 45.6 Å². The molecule has 4 rings (SSSR count). The minimum atomic E-state index is 0.677. The Morgan fingerprint density at radius 2 is 0.789 bits per heavy atom. The summed E-state index contributed by atoms with van der Waals surface area (Å²) >= 11 is 0. The maximum absolute atomic E-state index is 6.16. The van der Waals surface area contributed by atoms with E-state index in [2.05, 4.69) is 39.8 Å². The summed E-state index contributed by atoms with van der Waals surface area (Å²) in [4.78, 5) is 0. The molecule has 0 aliphatic heterocycles. The molecule has 0 spiro atoms. The van der Waals surface area contributed by atoms with Crippen LogP contribution >= 0.6 is 0 Å². The van der Waals surface area contributed by atoms with Gasteiger partial charge < -0.3 is 28.4 Å². The van der Waals surface area contributed by atoms with Gasteiger partial charge in [-0.05, 0) is 60.7 Å². The number of fused-ring (bicyclic) bond motifs is 2. The first-order valence-electron chi connectivity index (χ1n) is 12.9. The Balaban J connectivity index is 2.20. The highest BCUT2D eigenvalue weighted by atomic mass is 16.5. The maximum Gasteiger partial charge on any atom is 0.164 e. The molecule has 0 unspecified atom stereocenters. The summed E-state index contributed by atoms with van der Waals surface area (Å²) in [5, 5.41) is 4.09. The van der Waals surface area contributed by atoms with E-state index < -0.39 is 0 Å². The van der Waals surface area contributed by atoms with Crippen LogP contribution in [0.25, 0.3) is 32.7 Å². The van der Waals surface area contributed by atoms with Crippen molar-refractivity contribution >= 4 is 21.5 Å². The first-order valence-corrected chi connectivity index (χ1v) is 12.9. The van der Waals surface area contributed by atoms with E-state index in [1.54, 1.807) is 42.7 Å². The summed E-state index contributed by atoms with van der Waals surface area (Å²) < 4.78 is 35.3. The molecule has 0 aromatic heterocycles. The van der Waals surface area contributed by atoms with Gasteiger partial charge in [-0.1, -0.05) is 26.0 Å². The normalized spacial score (nSPS) is 11.1. The lowest BCUT2D eigenvalue weighted by molar-refractivity contribution is 0.352. The number of aryl methyl sites for hydroxylation is 4. The van der Waals surface area contributed by atoms with E-state index in [0.717, 1.165) is 90.8 Å². The van der Waals surface area contributed by atoms with Crippen LogP contribution < -0.4 is 28.4 Å². The first-order chi connectivity index (χ1) is 18.3. The molecule has 38 heavy (non-hydrogen) atoms. The molecule has 0 fully saturated rings. The third-order valence-corrected chi connectivity index (χ3v) is 7.44. The molecule has 4 aromatic carbocycles. The third-order valence-electron chi connectivity index (χ3n) is 7.44. The van der Waals surface area contributed by atoms with E-state index in [1.807, 2.05) is 12.1 Å². The largest absolute Gasteiger partial charge is 0.495 e. The molecule has 0 radical (unpaired) electrons. The van der Waals surface area contributed by atoms with Crippen molar-refractivity contribution in [1.82, 2.24) is 0 Å². The van der Waals surface area contributed by atoms with Crippen LogP contribution in [0.1, 0.15) is 36.1 Å². The van der Waals surface area contributed by atoms with Crippen LogP contribution in [0.15, 0.2) is 24.3 Å². The Kier molecular flexibility index (Phi) is 7.81. The standard InChI is InChI=1S/C32H38O6/c1-11-19-21-13-17(3)27(31(37-9)23(21)15-25(33-5)29(19)35-7)28-18(4)14-22-20(12-2)30(36-8)26(34-6)16-24(22)32(28)38-10/h13-16H,11-12H2,1-10H3. The molecule has 0 atom stereocenters. The molecule has 0 aliphatic rings. The molecule has 4 aromatic rings. The minimum absolute atomic E-state index is 0.677. The molecular weight excluding hydrogens is 480 g/mol. The van der Waals surface area contributed by atoms with Gasteiger partial charge in [-0.15, -0.1) is 0 Å². The molecular formula is C32H38O6. The van der Waals surface area contributed by atoms with E-state index in [-0.39, 0.29) is 0 Å². The van der Waals surface area contributed by atoms with Crippen LogP contribution in [0.5, 0.6) is 34.5 Å². The van der Waals surface area contributed by atoms with Gasteiger partial charge in [0.1, 0.15) is 11.5 Å². The van der Waals surface area contributed by atoms with Crippen LogP contribution in [-0.4, -0.2) is 42.7 Å². The third kappa shape index (κ3) is 4.03. The van der Waals surface area contributed by atoms with Crippen LogP contribution in [0.3, 0.4) is 0 Å². The lowest BCUT2D eigenvalue weighted by atomic mass is 9.87. The molecule has 0 heterocycles. The number of benzene rings is 4. The lowest BCUT2D eigenvalue weighted by Crippen LogP contribution is -2.03. The Hall–Kier alpha value is -3.80. The second-order valence-corrected chi connectivity index (χ2v) is 9.28. The summed E-state index contributed by atoms with van der Waals surface area (Å²) in [5.74, 6) is 4.40. The predicted octanol–water partition coefficient (Wildman–Crippen LogP) is 7.45. The van der Waals surface area contributed by atoms with Gasteiger partial charge in [0.05, 0.1) is 42.7 Å². The predicted molar refractivity (Wildman–Crippen MR) is 154 cm³/mol. The number of ether oxygens (including phenoxy) is 6. The van der Waals surface area contributed by atoms with Gasteiger partial charge in [-0.2, -0.15) is 0 Å². The highest BCUT2D eigenvalue weighted by Crippen LogP contribution is 2.52. The van der Waals surface area contributed by atoms with E-state index >= 15 is 0 Å². The number of methoxy groups -OCH3 is 6. The quantitative estimate of drug-likeness (QED) is 0.229. The van der Waals surface area contributed by atoms with E-state index in [1.165, 1.54) is 0 Å². The molecule has 6 nitrogen and oxygen atoms in total. The van der Waals surface area contributed by atoms with Crippen molar-refractivity contribution < 1.29 is 28.4 Å². The van der Waals surface area contributed by atoms with E-state index in [0.29, 0.717) is 11.5 Å². The van der Waals surface area contributed by atoms with Crippen LogP contribution in [-0.2, 0) is 12.8 Å². The van der Waals surface area contributed by atoms with E-state index in [9.17, 15) is 0 Å². The molecule has 0 bridgehead atoms. The van der Waals surface area contributed by atoms with Crippen molar-refractivity contribution in [2.75, 3.05) is 42.7 Å². The van der Waals surface area contributed by atoms with Crippen LogP contribution in [0, 0.1) is 13.8 Å². The fraction of sp³-hybridized carbons (Fsp3) is 0.375. The number of hydrogen-bond acceptors (Lipinski definition) is 6. The average Bonchev–Trinajstić information content (AvgIpc) is 2.93. The lowest BCUT2D eigenvalue weighted by Gasteiger charge is -2.24. The molecule has 6 heteroatoms. The SMILES string of the molecule is CCc1c(OC)c(OC)cc2c(OC)c(-c3c(C)cc4c(CC)c(OC)c(OC)cc4c3OC)c(C)cc12. The van der Waals surface area contributed by atoms with Gasteiger partial charge in [-0.3, -0.25) is 0 Å². The summed E-state index contributed by atoms with van der Waals surface area (Å²) in [5.41, 5.74) is 6.29. The summed E-state index contributed by atoms with van der Waals surface area (Å²) in [6, 6.07) is 8.42. The zero-order valence-electron chi connectivity index (χ0n) is 24.2. The smallest absolute Gasteiger partial charge is 0.164 e. The molecule has 0 aliphatic carbocycles. The number of hydrogen-bond donors (Lipinski definition) is 0. The molecule has 0 saturated heterocycles. The van der Waals surface area contributed by atoms with Crippen molar-refractivity contribution in [2.24, 2.45) is 0 Å². The Labute approximate surface area is 225 Å². The van der Waals surface area contributed by atoms with Crippen molar-refractivity contribution in [3.05, 3.63) is 46.5 Å². The highest BCUT2D eigenvalue weighted by molar-refractivity contribution is 6.06. The Bertz CT molecular complexity index is 1400. The van der Waals surface area contributed by atoms with Crippen molar-refractivity contribution in [2.45, 2.75) is 40.5 Å². The van der Waals surface area contributed by atoms with Gasteiger partial charge in [0.15, 0.2) is 23.0 Å². The van der Waals surface area contributed by atoms with Gasteiger partial charge in [0, 0.05) is 33.0 Å². The molecule has 0 amide bonds.